The minimum atomic E-state index is -0.0566. The molecular formula is C20H24N2O2. The topological polar surface area (TPSA) is 40.6 Å². The number of para-hydroxylation sites is 1. The molecule has 0 radical (unpaired) electrons. The summed E-state index contributed by atoms with van der Waals surface area (Å²) >= 11 is 0. The third-order valence-corrected chi connectivity index (χ3v) is 4.31. The van der Waals surface area contributed by atoms with Gasteiger partial charge in [0.05, 0.1) is 0 Å². The van der Waals surface area contributed by atoms with Gasteiger partial charge in [-0.05, 0) is 43.2 Å². The average molecular weight is 324 g/mol. The molecule has 4 nitrogen and oxygen atoms in total. The molecule has 4 heteroatoms. The summed E-state index contributed by atoms with van der Waals surface area (Å²) in [6.45, 7) is 5.92. The smallest absolute Gasteiger partial charge is 0.228 e. The summed E-state index contributed by atoms with van der Waals surface area (Å²) in [6.07, 6.45) is 0.276. The van der Waals surface area contributed by atoms with Gasteiger partial charge in [0.25, 0.3) is 0 Å². The molecule has 2 rings (SSSR count). The van der Waals surface area contributed by atoms with Crippen molar-refractivity contribution in [1.82, 2.24) is 0 Å². The van der Waals surface area contributed by atoms with Crippen molar-refractivity contribution < 1.29 is 9.59 Å². The number of benzene rings is 2. The van der Waals surface area contributed by atoms with Crippen molar-refractivity contribution in [2.45, 2.75) is 27.2 Å². The standard InChI is InChI=1S/C20H24N2O2/c1-15-9-8-12-19(16(15)2)22(17(3)23)14-13-20(24)21(4)18-10-6-5-7-11-18/h5-12H,13-14H2,1-4H3. The van der Waals surface area contributed by atoms with Crippen LogP contribution in [0, 0.1) is 13.8 Å². The Morgan fingerprint density at radius 1 is 0.958 bits per heavy atom. The Bertz CT molecular complexity index is 726. The SMILES string of the molecule is CC(=O)N(CCC(=O)N(C)c1ccccc1)c1cccc(C)c1C. The molecule has 2 aromatic rings. The van der Waals surface area contributed by atoms with Crippen molar-refractivity contribution in [2.75, 3.05) is 23.4 Å². The van der Waals surface area contributed by atoms with Gasteiger partial charge in [-0.15, -0.1) is 0 Å². The summed E-state index contributed by atoms with van der Waals surface area (Å²) in [5, 5.41) is 0. The molecule has 0 saturated carbocycles. The van der Waals surface area contributed by atoms with Crippen molar-refractivity contribution in [3.05, 3.63) is 59.7 Å². The van der Waals surface area contributed by atoms with E-state index in [1.165, 1.54) is 6.92 Å². The van der Waals surface area contributed by atoms with Gasteiger partial charge in [0.1, 0.15) is 0 Å². The lowest BCUT2D eigenvalue weighted by Gasteiger charge is -2.25. The van der Waals surface area contributed by atoms with Crippen LogP contribution in [0.5, 0.6) is 0 Å². The van der Waals surface area contributed by atoms with Crippen molar-refractivity contribution in [2.24, 2.45) is 0 Å². The van der Waals surface area contributed by atoms with Crippen LogP contribution in [-0.2, 0) is 9.59 Å². The first kappa shape index (κ1) is 17.7. The maximum Gasteiger partial charge on any atom is 0.228 e. The molecule has 0 atom stereocenters. The number of hydrogen-bond donors (Lipinski definition) is 0. The molecule has 2 amide bonds. The second-order valence-electron chi connectivity index (χ2n) is 5.93. The largest absolute Gasteiger partial charge is 0.315 e. The first-order chi connectivity index (χ1) is 11.4. The zero-order valence-corrected chi connectivity index (χ0v) is 14.7. The van der Waals surface area contributed by atoms with E-state index in [1.54, 1.807) is 16.8 Å². The Morgan fingerprint density at radius 2 is 1.62 bits per heavy atom. The minimum Gasteiger partial charge on any atom is -0.315 e. The maximum absolute atomic E-state index is 12.4. The molecule has 0 fully saturated rings. The second-order valence-corrected chi connectivity index (χ2v) is 5.93. The van der Waals surface area contributed by atoms with Gasteiger partial charge in [-0.25, -0.2) is 0 Å². The Morgan fingerprint density at radius 3 is 2.25 bits per heavy atom. The summed E-state index contributed by atoms with van der Waals surface area (Å²) in [5.74, 6) is -0.0726. The molecule has 0 bridgehead atoms. The zero-order chi connectivity index (χ0) is 17.7. The highest BCUT2D eigenvalue weighted by atomic mass is 16.2. The molecule has 2 aromatic carbocycles. The van der Waals surface area contributed by atoms with E-state index in [0.717, 1.165) is 22.5 Å². The van der Waals surface area contributed by atoms with Crippen LogP contribution in [-0.4, -0.2) is 25.4 Å². The average Bonchev–Trinajstić information content (AvgIpc) is 2.58. The molecule has 24 heavy (non-hydrogen) atoms. The fourth-order valence-electron chi connectivity index (χ4n) is 2.65. The Kier molecular flexibility index (Phi) is 5.74. The molecule has 0 aromatic heterocycles. The van der Waals surface area contributed by atoms with Crippen molar-refractivity contribution in [1.29, 1.82) is 0 Å². The van der Waals surface area contributed by atoms with Gasteiger partial charge in [0, 0.05) is 38.3 Å². The Labute approximate surface area is 143 Å². The van der Waals surface area contributed by atoms with Gasteiger partial charge in [-0.1, -0.05) is 30.3 Å². The normalized spacial score (nSPS) is 10.3. The van der Waals surface area contributed by atoms with E-state index >= 15 is 0 Å². The van der Waals surface area contributed by atoms with E-state index in [2.05, 4.69) is 0 Å². The summed E-state index contributed by atoms with van der Waals surface area (Å²) in [7, 11) is 1.76. The quantitative estimate of drug-likeness (QED) is 0.841. The lowest BCUT2D eigenvalue weighted by molar-refractivity contribution is -0.118. The van der Waals surface area contributed by atoms with Gasteiger partial charge >= 0.3 is 0 Å². The van der Waals surface area contributed by atoms with Crippen LogP contribution in [0.25, 0.3) is 0 Å². The van der Waals surface area contributed by atoms with E-state index < -0.39 is 0 Å². The van der Waals surface area contributed by atoms with Crippen LogP contribution in [0.2, 0.25) is 0 Å². The number of anilines is 2. The summed E-state index contributed by atoms with van der Waals surface area (Å²) in [4.78, 5) is 27.8. The van der Waals surface area contributed by atoms with Gasteiger partial charge in [0.2, 0.25) is 11.8 Å². The van der Waals surface area contributed by atoms with E-state index in [0.29, 0.717) is 6.54 Å². The molecule has 0 aliphatic heterocycles. The van der Waals surface area contributed by atoms with E-state index in [1.807, 2.05) is 62.4 Å². The van der Waals surface area contributed by atoms with E-state index in [4.69, 9.17) is 0 Å². The molecule has 0 heterocycles. The predicted molar refractivity (Wildman–Crippen MR) is 98.4 cm³/mol. The molecular weight excluding hydrogens is 300 g/mol. The minimum absolute atomic E-state index is 0.0160. The molecule has 0 aliphatic rings. The van der Waals surface area contributed by atoms with Gasteiger partial charge in [-0.2, -0.15) is 0 Å². The number of hydrogen-bond acceptors (Lipinski definition) is 2. The van der Waals surface area contributed by atoms with Crippen LogP contribution in [0.3, 0.4) is 0 Å². The molecule has 0 spiro atoms. The molecule has 126 valence electrons. The molecule has 0 unspecified atom stereocenters. The van der Waals surface area contributed by atoms with Crippen molar-refractivity contribution in [3.8, 4) is 0 Å². The number of carbonyl (C=O) groups is 2. The molecule has 0 saturated heterocycles. The van der Waals surface area contributed by atoms with E-state index in [9.17, 15) is 9.59 Å². The summed E-state index contributed by atoms with van der Waals surface area (Å²) in [5.41, 5.74) is 3.92. The number of carbonyl (C=O) groups excluding carboxylic acids is 2. The number of aryl methyl sites for hydroxylation is 1. The maximum atomic E-state index is 12.4. The summed E-state index contributed by atoms with van der Waals surface area (Å²) in [6, 6.07) is 15.4. The summed E-state index contributed by atoms with van der Waals surface area (Å²) < 4.78 is 0. The Balaban J connectivity index is 2.11. The van der Waals surface area contributed by atoms with Crippen LogP contribution < -0.4 is 9.80 Å². The highest BCUT2D eigenvalue weighted by molar-refractivity contribution is 5.96. The predicted octanol–water partition coefficient (Wildman–Crippen LogP) is 3.71. The van der Waals surface area contributed by atoms with Crippen LogP contribution >= 0.6 is 0 Å². The zero-order valence-electron chi connectivity index (χ0n) is 14.7. The lowest BCUT2D eigenvalue weighted by atomic mass is 10.1. The first-order valence-electron chi connectivity index (χ1n) is 8.07. The third kappa shape index (κ3) is 4.02. The fraction of sp³-hybridized carbons (Fsp3) is 0.300. The molecule has 0 N–H and O–H groups in total. The van der Waals surface area contributed by atoms with E-state index in [-0.39, 0.29) is 18.2 Å². The highest BCUT2D eigenvalue weighted by Gasteiger charge is 2.18. The van der Waals surface area contributed by atoms with Crippen molar-refractivity contribution in [3.63, 3.8) is 0 Å². The van der Waals surface area contributed by atoms with Crippen molar-refractivity contribution >= 4 is 23.2 Å². The highest BCUT2D eigenvalue weighted by Crippen LogP contribution is 2.23. The van der Waals surface area contributed by atoms with Crippen LogP contribution in [0.1, 0.15) is 24.5 Å². The first-order valence-corrected chi connectivity index (χ1v) is 8.07. The monoisotopic (exact) mass is 324 g/mol. The van der Waals surface area contributed by atoms with Gasteiger partial charge < -0.3 is 9.80 Å². The third-order valence-electron chi connectivity index (χ3n) is 4.31. The number of amides is 2. The number of nitrogens with zero attached hydrogens (tertiary/aromatic N) is 2. The van der Waals surface area contributed by atoms with Gasteiger partial charge in [-0.3, -0.25) is 9.59 Å². The Hall–Kier alpha value is -2.62. The van der Waals surface area contributed by atoms with Gasteiger partial charge in [0.15, 0.2) is 0 Å². The fourth-order valence-corrected chi connectivity index (χ4v) is 2.65. The lowest BCUT2D eigenvalue weighted by Crippen LogP contribution is -2.35. The van der Waals surface area contributed by atoms with Crippen LogP contribution in [0.15, 0.2) is 48.5 Å². The molecule has 0 aliphatic carbocycles. The second kappa shape index (κ2) is 7.77. The van der Waals surface area contributed by atoms with Crippen LogP contribution in [0.4, 0.5) is 11.4 Å². The number of rotatable bonds is 5.